The van der Waals surface area contributed by atoms with E-state index in [4.69, 9.17) is 14.2 Å². The number of aromatic carboxylic acids is 1. The molecule has 2 spiro atoms. The molecule has 9 rings (SSSR count). The Kier molecular flexibility index (Phi) is 18.9. The van der Waals surface area contributed by atoms with Gasteiger partial charge in [0.2, 0.25) is 0 Å². The summed E-state index contributed by atoms with van der Waals surface area (Å²) in [6.07, 6.45) is 8.70. The van der Waals surface area contributed by atoms with E-state index >= 15 is 0 Å². The van der Waals surface area contributed by atoms with Crippen molar-refractivity contribution in [2.45, 2.75) is 98.8 Å². The van der Waals surface area contributed by atoms with Gasteiger partial charge in [-0.1, -0.05) is 107 Å². The van der Waals surface area contributed by atoms with Crippen molar-refractivity contribution in [1.82, 2.24) is 19.6 Å². The number of benzene rings is 5. The van der Waals surface area contributed by atoms with E-state index in [1.807, 2.05) is 52.3 Å². The third kappa shape index (κ3) is 15.1. The number of carbonyl (C=O) groups excluding carboxylic acids is 3. The maximum atomic E-state index is 13.4. The predicted octanol–water partition coefficient (Wildman–Crippen LogP) is 11.5. The van der Waals surface area contributed by atoms with Gasteiger partial charge >= 0.3 is 11.9 Å². The minimum atomic E-state index is -1.01. The van der Waals surface area contributed by atoms with E-state index in [0.29, 0.717) is 39.4 Å². The zero-order valence-corrected chi connectivity index (χ0v) is 44.7. The second-order valence-electron chi connectivity index (χ2n) is 22.3. The number of piperidine rings is 4. The van der Waals surface area contributed by atoms with Crippen LogP contribution in [0.4, 0.5) is 0 Å². The van der Waals surface area contributed by atoms with Gasteiger partial charge in [0.15, 0.2) is 0 Å². The molecular formula is C63H78N4O8. The molecule has 0 radical (unpaired) electrons. The summed E-state index contributed by atoms with van der Waals surface area (Å²) in [7, 11) is 0. The number of para-hydroxylation sites is 2. The van der Waals surface area contributed by atoms with Crippen LogP contribution in [0.5, 0.6) is 11.5 Å². The molecule has 2 amide bonds. The molecule has 12 heteroatoms. The first-order valence-electron chi connectivity index (χ1n) is 27.4. The Hall–Kier alpha value is -6.50. The van der Waals surface area contributed by atoms with Crippen molar-refractivity contribution in [2.75, 3.05) is 65.6 Å². The molecule has 0 bridgehead atoms. The van der Waals surface area contributed by atoms with Crippen LogP contribution in [0.2, 0.25) is 0 Å². The number of carbonyl (C=O) groups is 4. The van der Waals surface area contributed by atoms with Gasteiger partial charge in [-0.15, -0.1) is 0 Å². The minimum absolute atomic E-state index is 0.00648. The molecule has 75 heavy (non-hydrogen) atoms. The van der Waals surface area contributed by atoms with Crippen molar-refractivity contribution in [1.29, 1.82) is 0 Å². The zero-order valence-electron chi connectivity index (χ0n) is 44.7. The van der Waals surface area contributed by atoms with Crippen LogP contribution < -0.4 is 9.47 Å². The van der Waals surface area contributed by atoms with Crippen LogP contribution in [0.25, 0.3) is 0 Å². The third-order valence-corrected chi connectivity index (χ3v) is 15.8. The number of ether oxygens (including phenoxy) is 3. The van der Waals surface area contributed by atoms with Crippen molar-refractivity contribution in [3.63, 3.8) is 0 Å². The number of nitrogens with zero attached hydrogens (tertiary/aromatic N) is 4. The molecule has 0 aliphatic carbocycles. The minimum Gasteiger partial charge on any atom is -0.493 e. The van der Waals surface area contributed by atoms with Crippen LogP contribution in [0.3, 0.4) is 0 Å². The summed E-state index contributed by atoms with van der Waals surface area (Å²) < 4.78 is 17.6. The molecule has 5 aromatic carbocycles. The Bertz CT molecular complexity index is 2670. The summed E-state index contributed by atoms with van der Waals surface area (Å²) in [5.41, 5.74) is 5.63. The van der Waals surface area contributed by atoms with E-state index in [1.54, 1.807) is 36.4 Å². The first-order valence-corrected chi connectivity index (χ1v) is 27.4. The fourth-order valence-corrected chi connectivity index (χ4v) is 11.0. The highest BCUT2D eigenvalue weighted by Gasteiger charge is 2.40. The Morgan fingerprint density at radius 2 is 0.867 bits per heavy atom. The fourth-order valence-electron chi connectivity index (χ4n) is 11.0. The lowest BCUT2D eigenvalue weighted by atomic mass is 9.71. The second kappa shape index (κ2) is 25.8. The number of carboxylic acid groups (broad SMARTS) is 1. The molecule has 4 aliphatic rings. The van der Waals surface area contributed by atoms with Crippen molar-refractivity contribution in [3.05, 3.63) is 166 Å². The van der Waals surface area contributed by atoms with Gasteiger partial charge in [0, 0.05) is 61.5 Å². The monoisotopic (exact) mass is 1020 g/mol. The molecule has 0 unspecified atom stereocenters. The molecule has 4 aliphatic heterocycles. The lowest BCUT2D eigenvalue weighted by Crippen LogP contribution is -2.48. The highest BCUT2D eigenvalue weighted by molar-refractivity contribution is 5.98. The van der Waals surface area contributed by atoms with Gasteiger partial charge < -0.3 is 29.1 Å². The number of amides is 2. The summed E-state index contributed by atoms with van der Waals surface area (Å²) in [6, 6.07) is 39.7. The number of carboxylic acids is 1. The summed E-state index contributed by atoms with van der Waals surface area (Å²) in [4.78, 5) is 59.1. The fraction of sp³-hybridized carbons (Fsp3) is 0.460. The molecule has 398 valence electrons. The van der Waals surface area contributed by atoms with Crippen LogP contribution in [-0.4, -0.2) is 114 Å². The van der Waals surface area contributed by atoms with E-state index in [1.165, 1.54) is 23.3 Å². The first-order chi connectivity index (χ1) is 36.3. The molecule has 4 saturated heterocycles. The number of hydrogen-bond acceptors (Lipinski definition) is 9. The molecule has 1 N–H and O–H groups in total. The largest absolute Gasteiger partial charge is 0.493 e. The van der Waals surface area contributed by atoms with E-state index in [0.717, 1.165) is 147 Å². The lowest BCUT2D eigenvalue weighted by Gasteiger charge is -2.47. The van der Waals surface area contributed by atoms with Crippen LogP contribution in [0.15, 0.2) is 127 Å². The predicted molar refractivity (Wildman–Crippen MR) is 293 cm³/mol. The van der Waals surface area contributed by atoms with Crippen molar-refractivity contribution in [2.24, 2.45) is 22.7 Å². The number of likely N-dealkylation sites (tertiary alicyclic amines) is 4. The van der Waals surface area contributed by atoms with Gasteiger partial charge in [-0.2, -0.15) is 0 Å². The number of esters is 1. The topological polar surface area (TPSA) is 129 Å². The van der Waals surface area contributed by atoms with Gasteiger partial charge in [-0.05, 0) is 154 Å². The highest BCUT2D eigenvalue weighted by Crippen LogP contribution is 2.43. The SMILES string of the molecule is CC(C)COc1ccccc1CN1CCC2(CC1)CCN(C(=O)c1cccc(C(=O)O)c1)CC2.CC(C)COc1ccccc1CN1CCC2(CC1)CCN(C(=O)c1cccc(C(=O)OCc3ccccc3)c1)CC2. The first kappa shape index (κ1) is 54.8. The van der Waals surface area contributed by atoms with Crippen LogP contribution >= 0.6 is 0 Å². The molecule has 4 fully saturated rings. The third-order valence-electron chi connectivity index (χ3n) is 15.8. The van der Waals surface area contributed by atoms with Gasteiger partial charge in [-0.3, -0.25) is 19.4 Å². The Morgan fingerprint density at radius 1 is 0.480 bits per heavy atom. The quantitative estimate of drug-likeness (QED) is 0.0954. The van der Waals surface area contributed by atoms with E-state index in [9.17, 15) is 24.3 Å². The van der Waals surface area contributed by atoms with Crippen LogP contribution in [0.1, 0.15) is 137 Å². The maximum Gasteiger partial charge on any atom is 0.338 e. The van der Waals surface area contributed by atoms with Gasteiger partial charge in [0.1, 0.15) is 18.1 Å². The smallest absolute Gasteiger partial charge is 0.338 e. The normalized spacial score (nSPS) is 17.6. The van der Waals surface area contributed by atoms with Gasteiger partial charge in [0.05, 0.1) is 24.3 Å². The average Bonchev–Trinajstić information content (AvgIpc) is 3.44. The molecule has 5 aromatic rings. The van der Waals surface area contributed by atoms with E-state index in [-0.39, 0.29) is 24.0 Å². The van der Waals surface area contributed by atoms with Gasteiger partial charge in [-0.25, -0.2) is 9.59 Å². The maximum absolute atomic E-state index is 13.4. The van der Waals surface area contributed by atoms with Crippen molar-refractivity contribution in [3.8, 4) is 11.5 Å². The molecule has 4 heterocycles. The number of hydrogen-bond donors (Lipinski definition) is 1. The van der Waals surface area contributed by atoms with Gasteiger partial charge in [0.25, 0.3) is 11.8 Å². The van der Waals surface area contributed by atoms with E-state index < -0.39 is 11.9 Å². The Morgan fingerprint density at radius 3 is 1.31 bits per heavy atom. The van der Waals surface area contributed by atoms with Crippen LogP contribution in [-0.2, 0) is 24.4 Å². The lowest BCUT2D eigenvalue weighted by molar-refractivity contribution is 0.0279. The number of rotatable bonds is 16. The summed E-state index contributed by atoms with van der Waals surface area (Å²) in [5.74, 6) is 1.51. The Balaban J connectivity index is 0.000000203. The average molecular weight is 1020 g/mol. The van der Waals surface area contributed by atoms with Crippen molar-refractivity contribution >= 4 is 23.8 Å². The summed E-state index contributed by atoms with van der Waals surface area (Å²) in [6.45, 7) is 19.4. The molecule has 0 aromatic heterocycles. The highest BCUT2D eigenvalue weighted by atomic mass is 16.5. The van der Waals surface area contributed by atoms with Crippen molar-refractivity contribution < 1.29 is 38.5 Å². The van der Waals surface area contributed by atoms with E-state index in [2.05, 4.69) is 73.9 Å². The molecule has 0 atom stereocenters. The molecule has 12 nitrogen and oxygen atoms in total. The summed E-state index contributed by atoms with van der Waals surface area (Å²) >= 11 is 0. The standard InChI is InChI=1S/C35H42N2O4.C28H36N2O4/c1-27(2)25-40-32-14-7-6-11-31(32)24-36-19-15-35(16-20-36)17-21-37(22-18-35)33(38)29-12-8-13-30(23-29)34(39)41-26-28-9-4-3-5-10-28;1-21(2)20-34-25-9-4-3-6-24(25)19-29-14-10-28(11-15-29)12-16-30(17-13-28)26(31)22-7-5-8-23(18-22)27(32)33/h3-14,23,27H,15-22,24-26H2,1-2H3;3-9,18,21H,10-17,19-20H2,1-2H3,(H,32,33). The zero-order chi connectivity index (χ0) is 52.8. The van der Waals surface area contributed by atoms with Crippen LogP contribution in [0, 0.1) is 22.7 Å². The second-order valence-corrected chi connectivity index (χ2v) is 22.3. The Labute approximate surface area is 445 Å². The summed E-state index contributed by atoms with van der Waals surface area (Å²) in [5, 5.41) is 9.21. The molecule has 0 saturated carbocycles. The molecular weight excluding hydrogens is 941 g/mol.